The number of pyridine rings is 1. The van der Waals surface area contributed by atoms with Gasteiger partial charge in [0, 0.05) is 22.8 Å². The van der Waals surface area contributed by atoms with Crippen molar-refractivity contribution in [1.29, 1.82) is 0 Å². The van der Waals surface area contributed by atoms with Gasteiger partial charge in [-0.15, -0.1) is 0 Å². The van der Waals surface area contributed by atoms with E-state index < -0.39 is 0 Å². The van der Waals surface area contributed by atoms with Crippen molar-refractivity contribution in [3.8, 4) is 0 Å². The van der Waals surface area contributed by atoms with Crippen molar-refractivity contribution < 1.29 is 0 Å². The topological polar surface area (TPSA) is 37.0 Å². The Kier molecular flexibility index (Phi) is 4.84. The molecular weight excluding hydrogens is 338 g/mol. The summed E-state index contributed by atoms with van der Waals surface area (Å²) in [6.07, 6.45) is 9.58. The molecule has 0 aromatic carbocycles. The van der Waals surface area contributed by atoms with Crippen LogP contribution in [0, 0.1) is 5.92 Å². The van der Waals surface area contributed by atoms with Gasteiger partial charge in [-0.2, -0.15) is 0 Å². The first-order valence-electron chi connectivity index (χ1n) is 7.55. The molecular formula is C15H21BrClN3. The molecule has 110 valence electrons. The fourth-order valence-corrected chi connectivity index (χ4v) is 4.11. The normalized spacial score (nSPS) is 30.4. The summed E-state index contributed by atoms with van der Waals surface area (Å²) in [6, 6.07) is 3.21. The second-order valence-corrected chi connectivity index (χ2v) is 7.17. The molecule has 2 fully saturated rings. The van der Waals surface area contributed by atoms with Crippen LogP contribution < -0.4 is 10.6 Å². The fraction of sp³-hybridized carbons (Fsp3) is 0.667. The van der Waals surface area contributed by atoms with Crippen molar-refractivity contribution in [3.63, 3.8) is 0 Å². The number of hydrogen-bond donors (Lipinski definition) is 2. The predicted octanol–water partition coefficient (Wildman–Crippen LogP) is 4.22. The van der Waals surface area contributed by atoms with Crippen LogP contribution >= 0.6 is 27.5 Å². The Morgan fingerprint density at radius 2 is 2.15 bits per heavy atom. The molecule has 1 aromatic rings. The SMILES string of the molecule is Clc1ncc(Br)cc1NC1CCCC1C1CCCCN1. The van der Waals surface area contributed by atoms with Crippen LogP contribution in [-0.4, -0.2) is 23.6 Å². The zero-order valence-corrected chi connectivity index (χ0v) is 13.9. The Morgan fingerprint density at radius 3 is 2.95 bits per heavy atom. The van der Waals surface area contributed by atoms with Crippen LogP contribution in [0.4, 0.5) is 5.69 Å². The van der Waals surface area contributed by atoms with Gasteiger partial charge in [0.1, 0.15) is 0 Å². The van der Waals surface area contributed by atoms with Crippen LogP contribution in [0.25, 0.3) is 0 Å². The molecule has 2 aliphatic rings. The lowest BCUT2D eigenvalue weighted by molar-refractivity contribution is 0.286. The zero-order chi connectivity index (χ0) is 13.9. The molecule has 1 aliphatic heterocycles. The van der Waals surface area contributed by atoms with Crippen LogP contribution in [0.1, 0.15) is 38.5 Å². The van der Waals surface area contributed by atoms with Crippen molar-refractivity contribution in [3.05, 3.63) is 21.9 Å². The molecule has 2 N–H and O–H groups in total. The fourth-order valence-electron chi connectivity index (χ4n) is 3.62. The van der Waals surface area contributed by atoms with E-state index in [9.17, 15) is 0 Å². The van der Waals surface area contributed by atoms with E-state index in [2.05, 4.69) is 31.5 Å². The summed E-state index contributed by atoms with van der Waals surface area (Å²) >= 11 is 9.66. The van der Waals surface area contributed by atoms with E-state index in [1.807, 2.05) is 6.07 Å². The highest BCUT2D eigenvalue weighted by Gasteiger charge is 2.34. The molecule has 1 saturated carbocycles. The Morgan fingerprint density at radius 1 is 1.25 bits per heavy atom. The molecule has 20 heavy (non-hydrogen) atoms. The van der Waals surface area contributed by atoms with Crippen LogP contribution in [0.3, 0.4) is 0 Å². The molecule has 0 radical (unpaired) electrons. The summed E-state index contributed by atoms with van der Waals surface area (Å²) in [5.74, 6) is 0.713. The molecule has 5 heteroatoms. The van der Waals surface area contributed by atoms with E-state index >= 15 is 0 Å². The number of nitrogens with one attached hydrogen (secondary N) is 2. The number of halogens is 2. The summed E-state index contributed by atoms with van der Waals surface area (Å²) < 4.78 is 0.967. The van der Waals surface area contributed by atoms with Gasteiger partial charge in [0.05, 0.1) is 5.69 Å². The molecule has 0 spiro atoms. The minimum atomic E-state index is 0.513. The maximum Gasteiger partial charge on any atom is 0.152 e. The van der Waals surface area contributed by atoms with E-state index in [1.165, 1.54) is 45.1 Å². The third-order valence-electron chi connectivity index (χ3n) is 4.58. The Bertz CT molecular complexity index is 462. The standard InChI is InChI=1S/C15H21BrClN3/c16-10-8-14(15(17)19-9-10)20-13-6-3-4-11(13)12-5-1-2-7-18-12/h8-9,11-13,18,20H,1-7H2. The number of rotatable bonds is 3. The lowest BCUT2D eigenvalue weighted by Crippen LogP contribution is -2.44. The monoisotopic (exact) mass is 357 g/mol. The van der Waals surface area contributed by atoms with Gasteiger partial charge in [0.25, 0.3) is 0 Å². The summed E-state index contributed by atoms with van der Waals surface area (Å²) in [7, 11) is 0. The van der Waals surface area contributed by atoms with Crippen LogP contribution in [-0.2, 0) is 0 Å². The number of nitrogens with zero attached hydrogens (tertiary/aromatic N) is 1. The third-order valence-corrected chi connectivity index (χ3v) is 5.32. The van der Waals surface area contributed by atoms with Gasteiger partial charge in [-0.05, 0) is 60.1 Å². The third kappa shape index (κ3) is 3.29. The molecule has 3 unspecified atom stereocenters. The Balaban J connectivity index is 1.70. The minimum absolute atomic E-state index is 0.513. The van der Waals surface area contributed by atoms with Crippen LogP contribution in [0.2, 0.25) is 5.15 Å². The quantitative estimate of drug-likeness (QED) is 0.794. The Labute approximate surface area is 134 Å². The molecule has 3 rings (SSSR count). The van der Waals surface area contributed by atoms with E-state index in [1.54, 1.807) is 6.20 Å². The first-order valence-corrected chi connectivity index (χ1v) is 8.72. The lowest BCUT2D eigenvalue weighted by atomic mass is 9.88. The summed E-state index contributed by atoms with van der Waals surface area (Å²) in [5.41, 5.74) is 0.953. The van der Waals surface area contributed by atoms with E-state index in [0.717, 1.165) is 10.2 Å². The van der Waals surface area contributed by atoms with Crippen LogP contribution in [0.15, 0.2) is 16.7 Å². The maximum atomic E-state index is 6.20. The Hall–Kier alpha value is -0.320. The van der Waals surface area contributed by atoms with Crippen molar-refractivity contribution >= 4 is 33.2 Å². The first kappa shape index (κ1) is 14.6. The van der Waals surface area contributed by atoms with Gasteiger partial charge in [0.15, 0.2) is 5.15 Å². The van der Waals surface area contributed by atoms with E-state index in [0.29, 0.717) is 23.2 Å². The van der Waals surface area contributed by atoms with Crippen molar-refractivity contribution in [2.45, 2.75) is 50.6 Å². The van der Waals surface area contributed by atoms with Gasteiger partial charge in [-0.25, -0.2) is 4.98 Å². The highest BCUT2D eigenvalue weighted by molar-refractivity contribution is 9.10. The molecule has 0 bridgehead atoms. The van der Waals surface area contributed by atoms with Gasteiger partial charge < -0.3 is 10.6 Å². The van der Waals surface area contributed by atoms with Crippen molar-refractivity contribution in [2.24, 2.45) is 5.92 Å². The summed E-state index contributed by atoms with van der Waals surface area (Å²) in [4.78, 5) is 4.20. The lowest BCUT2D eigenvalue weighted by Gasteiger charge is -2.33. The van der Waals surface area contributed by atoms with Gasteiger partial charge in [0.2, 0.25) is 0 Å². The molecule has 3 atom stereocenters. The smallest absolute Gasteiger partial charge is 0.152 e. The predicted molar refractivity (Wildman–Crippen MR) is 87.3 cm³/mol. The highest BCUT2D eigenvalue weighted by atomic mass is 79.9. The highest BCUT2D eigenvalue weighted by Crippen LogP contribution is 2.35. The van der Waals surface area contributed by atoms with Gasteiger partial charge in [-0.3, -0.25) is 0 Å². The molecule has 1 aliphatic carbocycles. The van der Waals surface area contributed by atoms with Crippen LogP contribution in [0.5, 0.6) is 0 Å². The van der Waals surface area contributed by atoms with E-state index in [4.69, 9.17) is 11.6 Å². The van der Waals surface area contributed by atoms with Gasteiger partial charge in [-0.1, -0.05) is 24.4 Å². The number of piperidine rings is 1. The maximum absolute atomic E-state index is 6.20. The largest absolute Gasteiger partial charge is 0.379 e. The van der Waals surface area contributed by atoms with Gasteiger partial charge >= 0.3 is 0 Å². The molecule has 1 saturated heterocycles. The molecule has 3 nitrogen and oxygen atoms in total. The molecule has 0 amide bonds. The number of hydrogen-bond acceptors (Lipinski definition) is 3. The van der Waals surface area contributed by atoms with E-state index in [-0.39, 0.29) is 0 Å². The van der Waals surface area contributed by atoms with Crippen molar-refractivity contribution in [1.82, 2.24) is 10.3 Å². The first-order chi connectivity index (χ1) is 9.74. The van der Waals surface area contributed by atoms with Crippen molar-refractivity contribution in [2.75, 3.05) is 11.9 Å². The average molecular weight is 359 g/mol. The minimum Gasteiger partial charge on any atom is -0.379 e. The second-order valence-electron chi connectivity index (χ2n) is 5.89. The molecule has 1 aromatic heterocycles. The second kappa shape index (κ2) is 6.63. The summed E-state index contributed by atoms with van der Waals surface area (Å²) in [6.45, 7) is 1.17. The number of aromatic nitrogens is 1. The molecule has 2 heterocycles. The summed E-state index contributed by atoms with van der Waals surface area (Å²) in [5, 5.41) is 7.90. The average Bonchev–Trinajstić information content (AvgIpc) is 2.92. The number of anilines is 1. The zero-order valence-electron chi connectivity index (χ0n) is 11.5.